The van der Waals surface area contributed by atoms with Gasteiger partial charge < -0.3 is 20.4 Å². The van der Waals surface area contributed by atoms with E-state index in [1.807, 2.05) is 0 Å². The summed E-state index contributed by atoms with van der Waals surface area (Å²) in [6, 6.07) is 7.61. The lowest BCUT2D eigenvalue weighted by molar-refractivity contribution is 0.456. The molecule has 20 heavy (non-hydrogen) atoms. The van der Waals surface area contributed by atoms with Gasteiger partial charge in [-0.3, -0.25) is 0 Å². The predicted octanol–water partition coefficient (Wildman–Crippen LogP) is 3.70. The second-order valence-corrected chi connectivity index (χ2v) is 4.99. The zero-order valence-corrected chi connectivity index (χ0v) is 11.5. The zero-order valence-electron chi connectivity index (χ0n) is 10.0. The Morgan fingerprint density at radius 2 is 1.10 bits per heavy atom. The molecule has 0 spiro atoms. The summed E-state index contributed by atoms with van der Waals surface area (Å²) >= 11 is 11.6. The Kier molecular flexibility index (Phi) is 3.97. The van der Waals surface area contributed by atoms with Gasteiger partial charge in [0, 0.05) is 16.7 Å². The van der Waals surface area contributed by atoms with E-state index in [1.165, 1.54) is 36.4 Å². The molecule has 0 radical (unpaired) electrons. The Balaban J connectivity index is 2.74. The lowest BCUT2D eigenvalue weighted by atomic mass is 9.97. The Labute approximate surface area is 124 Å². The van der Waals surface area contributed by atoms with Crippen LogP contribution in [-0.4, -0.2) is 20.4 Å². The molecule has 4 nitrogen and oxygen atoms in total. The highest BCUT2D eigenvalue weighted by Gasteiger charge is 2.18. The van der Waals surface area contributed by atoms with Crippen LogP contribution in [0.15, 0.2) is 40.9 Å². The van der Waals surface area contributed by atoms with Crippen molar-refractivity contribution in [3.63, 3.8) is 0 Å². The third-order valence-corrected chi connectivity index (χ3v) is 3.07. The average molecular weight is 313 g/mol. The van der Waals surface area contributed by atoms with Gasteiger partial charge in [0.15, 0.2) is 0 Å². The van der Waals surface area contributed by atoms with E-state index in [9.17, 15) is 20.4 Å². The van der Waals surface area contributed by atoms with Crippen molar-refractivity contribution in [2.75, 3.05) is 0 Å². The van der Waals surface area contributed by atoms with E-state index in [1.54, 1.807) is 0 Å². The fourth-order valence-corrected chi connectivity index (χ4v) is 2.20. The first kappa shape index (κ1) is 14.4. The van der Waals surface area contributed by atoms with Crippen LogP contribution >= 0.6 is 23.2 Å². The molecule has 0 aliphatic heterocycles. The molecular weight excluding hydrogens is 303 g/mol. The summed E-state index contributed by atoms with van der Waals surface area (Å²) in [6.45, 7) is 0. The van der Waals surface area contributed by atoms with Crippen LogP contribution in [0, 0.1) is 0 Å². The number of phenols is 4. The summed E-state index contributed by atoms with van der Waals surface area (Å²) in [5.74, 6) is -0.576. The van der Waals surface area contributed by atoms with E-state index < -0.39 is 0 Å². The summed E-state index contributed by atoms with van der Waals surface area (Å²) in [6.07, 6.45) is 0. The Morgan fingerprint density at radius 1 is 0.700 bits per heavy atom. The van der Waals surface area contributed by atoms with Crippen LogP contribution in [0.5, 0.6) is 23.0 Å². The highest BCUT2D eigenvalue weighted by atomic mass is 35.5. The summed E-state index contributed by atoms with van der Waals surface area (Å²) in [4.78, 5) is 0. The van der Waals surface area contributed by atoms with E-state index in [4.69, 9.17) is 23.2 Å². The summed E-state index contributed by atoms with van der Waals surface area (Å²) in [7, 11) is 0. The molecule has 0 saturated carbocycles. The lowest BCUT2D eigenvalue weighted by Gasteiger charge is -2.13. The number of halogens is 2. The quantitative estimate of drug-likeness (QED) is 0.637. The second kappa shape index (κ2) is 5.53. The third-order valence-electron chi connectivity index (χ3n) is 2.69. The second-order valence-electron chi connectivity index (χ2n) is 4.04. The molecule has 0 aliphatic rings. The van der Waals surface area contributed by atoms with Crippen LogP contribution in [0.3, 0.4) is 0 Å². The van der Waals surface area contributed by atoms with Crippen LogP contribution in [0.25, 0.3) is 5.57 Å². The number of phenolic OH excluding ortho intramolecular Hbond substituents is 4. The van der Waals surface area contributed by atoms with E-state index in [0.717, 1.165) is 0 Å². The van der Waals surface area contributed by atoms with Crippen LogP contribution in [0.2, 0.25) is 0 Å². The van der Waals surface area contributed by atoms with Crippen molar-refractivity contribution in [2.45, 2.75) is 0 Å². The monoisotopic (exact) mass is 312 g/mol. The molecule has 2 rings (SSSR count). The molecule has 0 saturated heterocycles. The van der Waals surface area contributed by atoms with Gasteiger partial charge in [-0.15, -0.1) is 0 Å². The fraction of sp³-hybridized carbons (Fsp3) is 0. The Hall–Kier alpha value is -2.04. The van der Waals surface area contributed by atoms with Gasteiger partial charge in [-0.25, -0.2) is 0 Å². The summed E-state index contributed by atoms with van der Waals surface area (Å²) in [5.41, 5.74) is 0.354. The molecule has 0 heterocycles. The third kappa shape index (κ3) is 2.76. The predicted molar refractivity (Wildman–Crippen MR) is 77.3 cm³/mol. The van der Waals surface area contributed by atoms with Crippen molar-refractivity contribution < 1.29 is 20.4 Å². The minimum atomic E-state index is -0.230. The average Bonchev–Trinajstić information content (AvgIpc) is 2.37. The van der Waals surface area contributed by atoms with Crippen molar-refractivity contribution in [2.24, 2.45) is 0 Å². The molecule has 0 fully saturated rings. The van der Waals surface area contributed by atoms with E-state index in [-0.39, 0.29) is 44.2 Å². The van der Waals surface area contributed by atoms with Crippen LogP contribution in [0.1, 0.15) is 11.1 Å². The minimum Gasteiger partial charge on any atom is -0.508 e. The summed E-state index contributed by atoms with van der Waals surface area (Å²) in [5, 5.41) is 38.8. The number of aromatic hydroxyl groups is 4. The SMILES string of the molecule is Oc1ccc(O)c(C(=C(Cl)Cl)c2cc(O)ccc2O)c1. The highest BCUT2D eigenvalue weighted by Crippen LogP contribution is 2.41. The van der Waals surface area contributed by atoms with Gasteiger partial charge in [-0.1, -0.05) is 23.2 Å². The van der Waals surface area contributed by atoms with Crippen molar-refractivity contribution >= 4 is 28.8 Å². The van der Waals surface area contributed by atoms with E-state index >= 15 is 0 Å². The molecule has 0 aliphatic carbocycles. The Morgan fingerprint density at radius 3 is 1.45 bits per heavy atom. The number of hydrogen-bond acceptors (Lipinski definition) is 4. The standard InChI is InChI=1S/C14H10Cl2O4/c15-14(16)13(9-5-7(17)1-3-11(9)19)10-6-8(18)2-4-12(10)20/h1-6,17-20H. The van der Waals surface area contributed by atoms with Gasteiger partial charge in [0.05, 0.1) is 0 Å². The molecule has 0 amide bonds. The largest absolute Gasteiger partial charge is 0.508 e. The molecule has 0 atom stereocenters. The van der Waals surface area contributed by atoms with Gasteiger partial charge in [0.25, 0.3) is 0 Å². The van der Waals surface area contributed by atoms with Crippen molar-refractivity contribution in [1.29, 1.82) is 0 Å². The fourth-order valence-electron chi connectivity index (χ4n) is 1.80. The molecular formula is C14H10Cl2O4. The van der Waals surface area contributed by atoms with E-state index in [2.05, 4.69) is 0 Å². The first-order valence-corrected chi connectivity index (χ1v) is 6.25. The van der Waals surface area contributed by atoms with Gasteiger partial charge in [-0.05, 0) is 36.4 Å². The Bertz CT molecular complexity index is 638. The maximum atomic E-state index is 9.87. The molecule has 0 aromatic heterocycles. The maximum absolute atomic E-state index is 9.87. The number of rotatable bonds is 2. The normalized spacial score (nSPS) is 10.3. The number of hydrogen-bond donors (Lipinski definition) is 4. The molecule has 0 unspecified atom stereocenters. The molecule has 0 bridgehead atoms. The van der Waals surface area contributed by atoms with Crippen molar-refractivity contribution in [3.8, 4) is 23.0 Å². The molecule has 2 aromatic rings. The van der Waals surface area contributed by atoms with Gasteiger partial charge in [0.1, 0.15) is 27.5 Å². The molecule has 4 N–H and O–H groups in total. The van der Waals surface area contributed by atoms with Crippen LogP contribution in [0.4, 0.5) is 0 Å². The number of benzene rings is 2. The van der Waals surface area contributed by atoms with Gasteiger partial charge in [0.2, 0.25) is 0 Å². The van der Waals surface area contributed by atoms with E-state index in [0.29, 0.717) is 0 Å². The zero-order chi connectivity index (χ0) is 14.9. The molecule has 2 aromatic carbocycles. The van der Waals surface area contributed by atoms with Crippen LogP contribution < -0.4 is 0 Å². The van der Waals surface area contributed by atoms with Crippen LogP contribution in [-0.2, 0) is 0 Å². The van der Waals surface area contributed by atoms with Crippen molar-refractivity contribution in [1.82, 2.24) is 0 Å². The maximum Gasteiger partial charge on any atom is 0.123 e. The molecule has 104 valence electrons. The lowest BCUT2D eigenvalue weighted by Crippen LogP contribution is -1.91. The topological polar surface area (TPSA) is 80.9 Å². The first-order valence-electron chi connectivity index (χ1n) is 5.50. The van der Waals surface area contributed by atoms with Gasteiger partial charge >= 0.3 is 0 Å². The van der Waals surface area contributed by atoms with Gasteiger partial charge in [-0.2, -0.15) is 0 Å². The minimum absolute atomic E-state index is 0.0927. The highest BCUT2D eigenvalue weighted by molar-refractivity contribution is 6.59. The molecule has 6 heteroatoms. The summed E-state index contributed by atoms with van der Waals surface area (Å²) < 4.78 is -0.230. The smallest absolute Gasteiger partial charge is 0.123 e. The first-order chi connectivity index (χ1) is 9.40. The van der Waals surface area contributed by atoms with Crippen molar-refractivity contribution in [3.05, 3.63) is 52.0 Å².